The maximum absolute atomic E-state index is 11.3. The zero-order chi connectivity index (χ0) is 13.7. The molecule has 0 bridgehead atoms. The van der Waals surface area contributed by atoms with E-state index in [1.807, 2.05) is 30.3 Å². The van der Waals surface area contributed by atoms with E-state index in [9.17, 15) is 9.59 Å². The van der Waals surface area contributed by atoms with Gasteiger partial charge in [0, 0.05) is 5.69 Å². The standard InChI is InChI=1S/C12H15N5O2.HI/c13-11(16-9-4-2-1-3-5-9)14-6-7-17-10(18)8-15-12(17)19;/h1-5H,6-8H2,(H,15,19)(H3,13,14,16);1H. The van der Waals surface area contributed by atoms with Gasteiger partial charge in [0.15, 0.2) is 5.96 Å². The Morgan fingerprint density at radius 2 is 2.05 bits per heavy atom. The number of carbonyl (C=O) groups excluding carboxylic acids is 2. The summed E-state index contributed by atoms with van der Waals surface area (Å²) in [5, 5.41) is 5.35. The van der Waals surface area contributed by atoms with Gasteiger partial charge in [0.25, 0.3) is 0 Å². The summed E-state index contributed by atoms with van der Waals surface area (Å²) in [6, 6.07) is 9.00. The van der Waals surface area contributed by atoms with Crippen LogP contribution in [0.25, 0.3) is 0 Å². The Balaban J connectivity index is 0.00000200. The van der Waals surface area contributed by atoms with Crippen LogP contribution in [0, 0.1) is 0 Å². The molecular weight excluding hydrogens is 373 g/mol. The number of imide groups is 1. The van der Waals surface area contributed by atoms with Gasteiger partial charge in [0.05, 0.1) is 19.6 Å². The average molecular weight is 389 g/mol. The Kier molecular flexibility index (Phi) is 6.22. The van der Waals surface area contributed by atoms with Gasteiger partial charge in [-0.1, -0.05) is 18.2 Å². The molecule has 2 rings (SSSR count). The molecule has 0 aromatic heterocycles. The highest BCUT2D eigenvalue weighted by atomic mass is 127. The number of benzene rings is 1. The average Bonchev–Trinajstić information content (AvgIpc) is 2.71. The van der Waals surface area contributed by atoms with E-state index in [1.165, 1.54) is 0 Å². The van der Waals surface area contributed by atoms with Crippen molar-refractivity contribution in [2.45, 2.75) is 0 Å². The predicted octanol–water partition coefficient (Wildman–Crippen LogP) is 0.583. The molecule has 7 nitrogen and oxygen atoms in total. The number of nitrogens with zero attached hydrogens (tertiary/aromatic N) is 2. The molecule has 0 aliphatic carbocycles. The van der Waals surface area contributed by atoms with Gasteiger partial charge < -0.3 is 16.4 Å². The third kappa shape index (κ3) is 4.37. The number of halogens is 1. The first kappa shape index (κ1) is 16.2. The van der Waals surface area contributed by atoms with E-state index in [-0.39, 0.29) is 61.5 Å². The predicted molar refractivity (Wildman–Crippen MR) is 87.1 cm³/mol. The number of guanidine groups is 1. The Hall–Kier alpha value is -1.84. The Bertz CT molecular complexity index is 490. The van der Waals surface area contributed by atoms with Gasteiger partial charge in [0.1, 0.15) is 0 Å². The zero-order valence-corrected chi connectivity index (χ0v) is 13.0. The van der Waals surface area contributed by atoms with Crippen molar-refractivity contribution >= 4 is 47.6 Å². The van der Waals surface area contributed by atoms with Crippen LogP contribution in [0.2, 0.25) is 0 Å². The molecule has 1 aliphatic rings. The molecule has 0 spiro atoms. The molecule has 0 atom stereocenters. The normalized spacial score (nSPS) is 14.8. The Morgan fingerprint density at radius 3 is 2.65 bits per heavy atom. The van der Waals surface area contributed by atoms with Crippen LogP contribution in [0.3, 0.4) is 0 Å². The van der Waals surface area contributed by atoms with E-state index in [1.54, 1.807) is 0 Å². The quantitative estimate of drug-likeness (QED) is 0.304. The van der Waals surface area contributed by atoms with Crippen molar-refractivity contribution in [2.24, 2.45) is 10.7 Å². The van der Waals surface area contributed by atoms with Gasteiger partial charge in [-0.25, -0.2) is 4.79 Å². The van der Waals surface area contributed by atoms with Gasteiger partial charge in [-0.3, -0.25) is 14.7 Å². The monoisotopic (exact) mass is 389 g/mol. The van der Waals surface area contributed by atoms with Gasteiger partial charge in [-0.15, -0.1) is 24.0 Å². The van der Waals surface area contributed by atoms with Crippen molar-refractivity contribution in [1.82, 2.24) is 10.2 Å². The van der Waals surface area contributed by atoms with E-state index >= 15 is 0 Å². The molecule has 1 aliphatic heterocycles. The van der Waals surface area contributed by atoms with Crippen LogP contribution in [0.15, 0.2) is 35.3 Å². The first-order valence-corrected chi connectivity index (χ1v) is 5.87. The second-order valence-electron chi connectivity index (χ2n) is 3.96. The number of nitrogens with one attached hydrogen (secondary N) is 2. The van der Waals surface area contributed by atoms with E-state index in [2.05, 4.69) is 15.6 Å². The molecule has 0 unspecified atom stereocenters. The van der Waals surface area contributed by atoms with Gasteiger partial charge >= 0.3 is 6.03 Å². The van der Waals surface area contributed by atoms with Gasteiger partial charge in [-0.05, 0) is 12.1 Å². The third-order valence-corrected chi connectivity index (χ3v) is 2.59. The molecule has 0 radical (unpaired) electrons. The number of carbonyl (C=O) groups is 2. The topological polar surface area (TPSA) is 99.8 Å². The number of urea groups is 1. The molecule has 1 aromatic rings. The van der Waals surface area contributed by atoms with Crippen LogP contribution in [-0.2, 0) is 4.79 Å². The molecule has 0 saturated carbocycles. The number of anilines is 1. The SMILES string of the molecule is I.NC(=NCCN1C(=O)CNC1=O)Nc1ccccc1. The molecular formula is C12H16IN5O2. The number of hydrogen-bond acceptors (Lipinski definition) is 3. The molecule has 1 aromatic carbocycles. The first-order valence-electron chi connectivity index (χ1n) is 5.87. The van der Waals surface area contributed by atoms with Crippen LogP contribution in [0.1, 0.15) is 0 Å². The molecule has 8 heteroatoms. The van der Waals surface area contributed by atoms with Crippen molar-refractivity contribution in [3.05, 3.63) is 30.3 Å². The summed E-state index contributed by atoms with van der Waals surface area (Å²) in [7, 11) is 0. The molecule has 108 valence electrons. The van der Waals surface area contributed by atoms with Crippen molar-refractivity contribution < 1.29 is 9.59 Å². The minimum Gasteiger partial charge on any atom is -0.370 e. The first-order chi connectivity index (χ1) is 9.16. The molecule has 1 saturated heterocycles. The number of rotatable bonds is 4. The summed E-state index contributed by atoms with van der Waals surface area (Å²) < 4.78 is 0. The Morgan fingerprint density at radius 1 is 1.35 bits per heavy atom. The van der Waals surface area contributed by atoms with E-state index in [0.29, 0.717) is 0 Å². The lowest BCUT2D eigenvalue weighted by atomic mass is 10.3. The van der Waals surface area contributed by atoms with Crippen molar-refractivity contribution in [3.8, 4) is 0 Å². The summed E-state index contributed by atoms with van der Waals surface area (Å²) in [5.41, 5.74) is 6.53. The highest BCUT2D eigenvalue weighted by Crippen LogP contribution is 2.04. The summed E-state index contributed by atoms with van der Waals surface area (Å²) in [6.45, 7) is 0.549. The van der Waals surface area contributed by atoms with Crippen molar-refractivity contribution in [1.29, 1.82) is 0 Å². The maximum atomic E-state index is 11.3. The number of hydrogen-bond donors (Lipinski definition) is 3. The van der Waals surface area contributed by atoms with Crippen LogP contribution in [0.5, 0.6) is 0 Å². The summed E-state index contributed by atoms with van der Waals surface area (Å²) in [6.07, 6.45) is 0. The number of para-hydroxylation sites is 1. The van der Waals surface area contributed by atoms with Gasteiger partial charge in [-0.2, -0.15) is 0 Å². The van der Waals surface area contributed by atoms with Crippen LogP contribution in [0.4, 0.5) is 10.5 Å². The fraction of sp³-hybridized carbons (Fsp3) is 0.250. The van der Waals surface area contributed by atoms with Crippen LogP contribution < -0.4 is 16.4 Å². The lowest BCUT2D eigenvalue weighted by Gasteiger charge is -2.10. The van der Waals surface area contributed by atoms with E-state index < -0.39 is 0 Å². The van der Waals surface area contributed by atoms with Crippen molar-refractivity contribution in [2.75, 3.05) is 25.0 Å². The smallest absolute Gasteiger partial charge is 0.324 e. The third-order valence-electron chi connectivity index (χ3n) is 2.59. The van der Waals surface area contributed by atoms with Gasteiger partial charge in [0.2, 0.25) is 5.91 Å². The molecule has 3 amide bonds. The number of amides is 3. The zero-order valence-electron chi connectivity index (χ0n) is 10.7. The van der Waals surface area contributed by atoms with Crippen molar-refractivity contribution in [3.63, 3.8) is 0 Å². The summed E-state index contributed by atoms with van der Waals surface area (Å²) in [4.78, 5) is 27.7. The second-order valence-corrected chi connectivity index (χ2v) is 3.96. The molecule has 1 heterocycles. The fourth-order valence-electron chi connectivity index (χ4n) is 1.66. The maximum Gasteiger partial charge on any atom is 0.324 e. The number of nitrogens with two attached hydrogens (primary N) is 1. The highest BCUT2D eigenvalue weighted by Gasteiger charge is 2.27. The van der Waals surface area contributed by atoms with E-state index in [0.717, 1.165) is 10.6 Å². The summed E-state index contributed by atoms with van der Waals surface area (Å²) >= 11 is 0. The second kappa shape index (κ2) is 7.68. The van der Waals surface area contributed by atoms with Crippen LogP contribution >= 0.6 is 24.0 Å². The number of aliphatic imine (C=N–C) groups is 1. The minimum atomic E-state index is -0.380. The lowest BCUT2D eigenvalue weighted by Crippen LogP contribution is -2.34. The molecule has 20 heavy (non-hydrogen) atoms. The fourth-order valence-corrected chi connectivity index (χ4v) is 1.66. The van der Waals surface area contributed by atoms with Crippen LogP contribution in [-0.4, -0.2) is 42.4 Å². The minimum absolute atomic E-state index is 0. The molecule has 1 fully saturated rings. The summed E-state index contributed by atoms with van der Waals surface area (Å²) in [5.74, 6) is 0.00745. The Labute approximate surface area is 133 Å². The lowest BCUT2D eigenvalue weighted by molar-refractivity contribution is -0.124. The highest BCUT2D eigenvalue weighted by molar-refractivity contribution is 14.0. The molecule has 4 N–H and O–H groups in total. The largest absolute Gasteiger partial charge is 0.370 e. The van der Waals surface area contributed by atoms with E-state index in [4.69, 9.17) is 5.73 Å².